The zero-order valence-corrected chi connectivity index (χ0v) is 52.9. The maximum absolute atomic E-state index is 6.88. The van der Waals surface area contributed by atoms with Crippen molar-refractivity contribution in [1.82, 2.24) is 45.1 Å². The van der Waals surface area contributed by atoms with Gasteiger partial charge in [0.25, 0.3) is 0 Å². The van der Waals surface area contributed by atoms with E-state index in [0.29, 0.717) is 48.5 Å². The molecular formula is C65H114N12O3. The highest BCUT2D eigenvalue weighted by molar-refractivity contribution is 5.86. The summed E-state index contributed by atoms with van der Waals surface area (Å²) in [5.41, 5.74) is 0.946. The van der Waals surface area contributed by atoms with E-state index in [9.17, 15) is 0 Å². The Hall–Kier alpha value is -2.95. The van der Waals surface area contributed by atoms with Gasteiger partial charge in [0.2, 0.25) is 11.9 Å². The lowest BCUT2D eigenvalue weighted by Crippen LogP contribution is -2.62. The number of aromatic nitrogens is 6. The number of aryl methyl sites for hydroxylation is 1. The number of aliphatic imine (C=N–C) groups is 1. The van der Waals surface area contributed by atoms with Crippen LogP contribution in [0.5, 0.6) is 0 Å². The first-order valence-corrected chi connectivity index (χ1v) is 32.9. The van der Waals surface area contributed by atoms with Gasteiger partial charge in [0.15, 0.2) is 0 Å². The minimum absolute atomic E-state index is 0.0211. The van der Waals surface area contributed by atoms with E-state index in [1.165, 1.54) is 135 Å². The molecule has 5 heterocycles. The first-order chi connectivity index (χ1) is 38.1. The summed E-state index contributed by atoms with van der Waals surface area (Å²) in [6.45, 7) is 30.2. The van der Waals surface area contributed by atoms with Crippen LogP contribution in [0.15, 0.2) is 17.6 Å². The number of nitrogens with zero attached hydrogens (tertiary/aromatic N) is 10. The summed E-state index contributed by atoms with van der Waals surface area (Å²) < 4.78 is 0. The molecule has 452 valence electrons. The van der Waals surface area contributed by atoms with Gasteiger partial charge in [0.05, 0.1) is 24.4 Å². The van der Waals surface area contributed by atoms with Crippen LogP contribution in [0.25, 0.3) is 0 Å². The number of anilines is 2. The Kier molecular flexibility index (Phi) is 22.3. The highest BCUT2D eigenvalue weighted by Gasteiger charge is 2.50. The molecule has 0 amide bonds. The van der Waals surface area contributed by atoms with Crippen LogP contribution in [0.2, 0.25) is 0 Å². The van der Waals surface area contributed by atoms with Crippen molar-refractivity contribution in [3.63, 3.8) is 0 Å². The average Bonchev–Trinajstić information content (AvgIpc) is 3.48. The van der Waals surface area contributed by atoms with E-state index in [-0.39, 0.29) is 39.3 Å². The van der Waals surface area contributed by atoms with E-state index >= 15 is 0 Å². The molecule has 3 saturated heterocycles. The maximum Gasteiger partial charge on any atom is 0.225 e. The Labute approximate surface area is 486 Å². The maximum atomic E-state index is 6.88. The van der Waals surface area contributed by atoms with Crippen LogP contribution in [0.4, 0.5) is 11.9 Å². The second-order valence-electron chi connectivity index (χ2n) is 29.8. The van der Waals surface area contributed by atoms with Crippen molar-refractivity contribution in [1.29, 1.82) is 0 Å². The summed E-state index contributed by atoms with van der Waals surface area (Å²) in [6, 6.07) is 0.169. The van der Waals surface area contributed by atoms with Crippen LogP contribution in [0, 0.1) is 11.8 Å². The molecule has 2 aromatic heterocycles. The molecule has 2 aromatic rings. The molecular weight excluding hydrogens is 997 g/mol. The highest BCUT2D eigenvalue weighted by Crippen LogP contribution is 2.47. The zero-order valence-electron chi connectivity index (χ0n) is 52.9. The molecule has 8 rings (SSSR count). The van der Waals surface area contributed by atoms with Crippen molar-refractivity contribution in [2.45, 2.75) is 346 Å². The fourth-order valence-corrected chi connectivity index (χ4v) is 16.3. The van der Waals surface area contributed by atoms with Gasteiger partial charge in [-0.1, -0.05) is 83.5 Å². The summed E-state index contributed by atoms with van der Waals surface area (Å²) in [5.74, 6) is 4.33. The lowest BCUT2D eigenvalue weighted by molar-refractivity contribution is -0.314. The first kappa shape index (κ1) is 63.1. The van der Waals surface area contributed by atoms with E-state index in [4.69, 9.17) is 34.5 Å². The number of nitrogens with one attached hydrogen (secondary N) is 2. The number of hydrogen-bond acceptors (Lipinski definition) is 15. The van der Waals surface area contributed by atoms with Gasteiger partial charge in [-0.25, -0.2) is 19.9 Å². The minimum atomic E-state index is -0.157. The summed E-state index contributed by atoms with van der Waals surface area (Å²) in [4.78, 5) is 54.4. The third kappa shape index (κ3) is 18.3. The quantitative estimate of drug-likeness (QED) is 0.0679. The number of hydrogen-bond donors (Lipinski definition) is 2. The van der Waals surface area contributed by atoms with E-state index in [1.807, 2.05) is 0 Å². The standard InChI is InChI=1S/C65H114N12O3/c1-60(2)41-49(42-61(3,4)75(60)78-53-31-16-13-17-32-53)28-24-26-38-66-58-70-47-68-56(73-58)37-23-22-30-51(72-52-45-64(9,10)77(65(11,12)46-52)80-55-35-20-15-21-36-55)40-57-69-48-71-59(74-57)67-39-27-25-29-50-43-62(5,6)76(63(7,8)44-50)79-54-33-18-14-19-34-54/h47-50,52-55H,13-46H2,1-12H3,(H,66,68,70,73)(H,67,69,71,74). The molecule has 0 atom stereocenters. The molecule has 0 bridgehead atoms. The number of rotatable bonds is 26. The largest absolute Gasteiger partial charge is 0.354 e. The Morgan fingerprint density at radius 2 is 0.838 bits per heavy atom. The Morgan fingerprint density at radius 1 is 0.463 bits per heavy atom. The number of hydroxylamine groups is 6. The van der Waals surface area contributed by atoms with Crippen LogP contribution in [-0.2, 0) is 27.4 Å². The second-order valence-corrected chi connectivity index (χ2v) is 29.8. The van der Waals surface area contributed by atoms with Crippen LogP contribution in [0.3, 0.4) is 0 Å². The molecule has 2 N–H and O–H groups in total. The number of piperidine rings is 3. The lowest BCUT2D eigenvalue weighted by atomic mass is 9.73. The van der Waals surface area contributed by atoms with E-state index in [2.05, 4.69) is 124 Å². The topological polar surface area (TPSA) is 151 Å². The monoisotopic (exact) mass is 1110 g/mol. The molecule has 80 heavy (non-hydrogen) atoms. The van der Waals surface area contributed by atoms with E-state index < -0.39 is 0 Å². The van der Waals surface area contributed by atoms with Crippen LogP contribution in [-0.4, -0.2) is 121 Å². The Morgan fingerprint density at radius 3 is 1.25 bits per heavy atom. The molecule has 15 nitrogen and oxygen atoms in total. The predicted molar refractivity (Wildman–Crippen MR) is 325 cm³/mol. The van der Waals surface area contributed by atoms with Gasteiger partial charge in [0.1, 0.15) is 24.3 Å². The van der Waals surface area contributed by atoms with Crippen LogP contribution in [0.1, 0.15) is 287 Å². The molecule has 3 aliphatic carbocycles. The van der Waals surface area contributed by atoms with Crippen LogP contribution >= 0.6 is 0 Å². The molecule has 3 aliphatic heterocycles. The molecule has 3 saturated carbocycles. The predicted octanol–water partition coefficient (Wildman–Crippen LogP) is 15.0. The Balaban J connectivity index is 0.816. The summed E-state index contributed by atoms with van der Waals surface area (Å²) in [6.07, 6.45) is 41.0. The SMILES string of the molecule is CC1(C)CC(CCCCNc2ncnc(CCCCC(Cc3ncnc(NCCCCC4CC(C)(C)N(OC5CCCCC5)C(C)(C)C4)n3)=NC3CC(C)(C)N(OC4CCCCC4)C(C)(C)C3)n2)CC(C)(C)N1OC1CCCCC1. The van der Waals surface area contributed by atoms with Crippen molar-refractivity contribution >= 4 is 17.6 Å². The lowest BCUT2D eigenvalue weighted by Gasteiger charge is -2.55. The van der Waals surface area contributed by atoms with Gasteiger partial charge in [-0.05, 0) is 204 Å². The van der Waals surface area contributed by atoms with Crippen molar-refractivity contribution in [2.24, 2.45) is 16.8 Å². The fraction of sp³-hybridized carbons (Fsp3) is 0.892. The van der Waals surface area contributed by atoms with Crippen molar-refractivity contribution in [3.8, 4) is 0 Å². The number of unbranched alkanes of at least 4 members (excludes halogenated alkanes) is 3. The Bertz CT molecular complexity index is 2160. The van der Waals surface area contributed by atoms with E-state index in [1.54, 1.807) is 12.7 Å². The minimum Gasteiger partial charge on any atom is -0.354 e. The fourth-order valence-electron chi connectivity index (χ4n) is 16.3. The second kappa shape index (κ2) is 28.3. The molecule has 6 aliphatic rings. The third-order valence-corrected chi connectivity index (χ3v) is 19.1. The molecule has 6 fully saturated rings. The van der Waals surface area contributed by atoms with Crippen LogP contribution < -0.4 is 10.6 Å². The summed E-state index contributed by atoms with van der Waals surface area (Å²) in [7, 11) is 0. The van der Waals surface area contributed by atoms with Gasteiger partial charge < -0.3 is 10.6 Å². The first-order valence-electron chi connectivity index (χ1n) is 32.9. The van der Waals surface area contributed by atoms with Gasteiger partial charge in [-0.15, -0.1) is 0 Å². The van der Waals surface area contributed by atoms with Crippen molar-refractivity contribution in [2.75, 3.05) is 23.7 Å². The molecule has 0 spiro atoms. The normalized spacial score (nSPS) is 25.0. The van der Waals surface area contributed by atoms with Crippen molar-refractivity contribution in [3.05, 3.63) is 24.3 Å². The molecule has 0 aromatic carbocycles. The van der Waals surface area contributed by atoms with Gasteiger partial charge in [0, 0.05) is 64.9 Å². The molecule has 15 heteroatoms. The summed E-state index contributed by atoms with van der Waals surface area (Å²) >= 11 is 0. The highest BCUT2D eigenvalue weighted by atomic mass is 16.7. The van der Waals surface area contributed by atoms with Gasteiger partial charge >= 0.3 is 0 Å². The third-order valence-electron chi connectivity index (χ3n) is 19.1. The van der Waals surface area contributed by atoms with Gasteiger partial charge in [-0.3, -0.25) is 19.5 Å². The molecule has 0 unspecified atom stereocenters. The molecule has 0 radical (unpaired) electrons. The van der Waals surface area contributed by atoms with Gasteiger partial charge in [-0.2, -0.15) is 25.2 Å². The summed E-state index contributed by atoms with van der Waals surface area (Å²) in [5, 5.41) is 14.2. The van der Waals surface area contributed by atoms with Crippen molar-refractivity contribution < 1.29 is 14.5 Å². The van der Waals surface area contributed by atoms with E-state index in [0.717, 1.165) is 94.7 Å². The average molecular weight is 1110 g/mol. The smallest absolute Gasteiger partial charge is 0.225 e. The zero-order chi connectivity index (χ0) is 57.0.